The van der Waals surface area contributed by atoms with Crippen LogP contribution in [-0.4, -0.2) is 16.7 Å². The number of thiocarbonyl (C=S) groups is 1. The molecule has 2 atom stereocenters. The van der Waals surface area contributed by atoms with Crippen molar-refractivity contribution in [2.24, 2.45) is 0 Å². The lowest BCUT2D eigenvalue weighted by molar-refractivity contribution is 0.340. The van der Waals surface area contributed by atoms with Crippen molar-refractivity contribution < 1.29 is 9.15 Å². The summed E-state index contributed by atoms with van der Waals surface area (Å²) in [6, 6.07) is 25.6. The third kappa shape index (κ3) is 4.38. The largest absolute Gasteiger partial charge is 0.494 e. The van der Waals surface area contributed by atoms with Crippen molar-refractivity contribution in [1.29, 1.82) is 0 Å². The molecule has 0 spiro atoms. The zero-order valence-corrected chi connectivity index (χ0v) is 20.3. The molecule has 3 heterocycles. The normalized spacial score (nSPS) is 17.8. The third-order valence-corrected chi connectivity index (χ3v) is 6.41. The molecule has 2 unspecified atom stereocenters. The Kier molecular flexibility index (Phi) is 6.15. The summed E-state index contributed by atoms with van der Waals surface area (Å²) in [5.41, 5.74) is 2.88. The van der Waals surface area contributed by atoms with Crippen LogP contribution in [0.25, 0.3) is 11.3 Å². The monoisotopic (exact) mass is 519 g/mol. The second-order valence-electron chi connectivity index (χ2n) is 7.63. The van der Waals surface area contributed by atoms with E-state index in [1.54, 1.807) is 6.20 Å². The number of rotatable bonds is 6. The predicted molar refractivity (Wildman–Crippen MR) is 137 cm³/mol. The molecule has 1 saturated heterocycles. The molecule has 0 aliphatic carbocycles. The third-order valence-electron chi connectivity index (χ3n) is 5.57. The van der Waals surface area contributed by atoms with Gasteiger partial charge >= 0.3 is 0 Å². The van der Waals surface area contributed by atoms with E-state index in [2.05, 4.69) is 31.1 Å². The highest BCUT2D eigenvalue weighted by atomic mass is 79.9. The SMILES string of the molecule is CCOc1ccc(-c2ccc(C3C(c4ccccn4)NC(=S)N3c3ccc(Br)cc3)o2)cc1. The molecule has 166 valence electrons. The van der Waals surface area contributed by atoms with Crippen molar-refractivity contribution in [1.82, 2.24) is 10.3 Å². The number of anilines is 1. The Bertz CT molecular complexity index is 1240. The van der Waals surface area contributed by atoms with Gasteiger partial charge in [0.05, 0.1) is 18.3 Å². The highest BCUT2D eigenvalue weighted by Gasteiger charge is 2.42. The smallest absolute Gasteiger partial charge is 0.174 e. The topological polar surface area (TPSA) is 50.5 Å². The summed E-state index contributed by atoms with van der Waals surface area (Å²) < 4.78 is 13.0. The molecule has 1 fully saturated rings. The average Bonchev–Trinajstić information content (AvgIpc) is 3.46. The molecule has 5 nitrogen and oxygen atoms in total. The maximum Gasteiger partial charge on any atom is 0.174 e. The zero-order chi connectivity index (χ0) is 22.8. The molecule has 2 aromatic carbocycles. The molecular weight excluding hydrogens is 498 g/mol. The highest BCUT2D eigenvalue weighted by Crippen LogP contribution is 2.43. The van der Waals surface area contributed by atoms with E-state index in [-0.39, 0.29) is 12.1 Å². The summed E-state index contributed by atoms with van der Waals surface area (Å²) in [5.74, 6) is 2.45. The standard InChI is InChI=1S/C26H22BrN3O2S/c1-2-31-20-12-6-17(7-13-20)22-14-15-23(32-22)25-24(21-5-3-4-16-28-21)29-26(33)30(25)19-10-8-18(27)9-11-19/h3-16,24-25H,2H2,1H3,(H,29,33). The van der Waals surface area contributed by atoms with E-state index in [9.17, 15) is 0 Å². The number of hydrogen-bond acceptors (Lipinski definition) is 4. The molecular formula is C26H22BrN3O2S. The molecule has 0 saturated carbocycles. The summed E-state index contributed by atoms with van der Waals surface area (Å²) in [4.78, 5) is 6.69. The second-order valence-corrected chi connectivity index (χ2v) is 8.93. The van der Waals surface area contributed by atoms with Crippen LogP contribution in [0.3, 0.4) is 0 Å². The molecule has 7 heteroatoms. The number of pyridine rings is 1. The van der Waals surface area contributed by atoms with Crippen molar-refractivity contribution in [3.8, 4) is 17.1 Å². The van der Waals surface area contributed by atoms with Gasteiger partial charge < -0.3 is 19.4 Å². The second kappa shape index (κ2) is 9.37. The Morgan fingerprint density at radius 1 is 1.03 bits per heavy atom. The van der Waals surface area contributed by atoms with Gasteiger partial charge in [0.1, 0.15) is 23.3 Å². The van der Waals surface area contributed by atoms with Crippen molar-refractivity contribution in [3.63, 3.8) is 0 Å². The minimum Gasteiger partial charge on any atom is -0.494 e. The van der Waals surface area contributed by atoms with Crippen LogP contribution in [0, 0.1) is 0 Å². The average molecular weight is 520 g/mol. The molecule has 2 aromatic heterocycles. The first-order valence-corrected chi connectivity index (χ1v) is 11.9. The molecule has 1 aliphatic rings. The van der Waals surface area contributed by atoms with Crippen molar-refractivity contribution in [3.05, 3.63) is 101 Å². The summed E-state index contributed by atoms with van der Waals surface area (Å²) in [5, 5.41) is 4.10. The van der Waals surface area contributed by atoms with Crippen LogP contribution in [0.1, 0.15) is 30.5 Å². The first-order valence-electron chi connectivity index (χ1n) is 10.7. The Balaban J connectivity index is 1.54. The van der Waals surface area contributed by atoms with Gasteiger partial charge in [0.25, 0.3) is 0 Å². The lowest BCUT2D eigenvalue weighted by Crippen LogP contribution is -2.29. The minimum atomic E-state index is -0.190. The molecule has 1 N–H and O–H groups in total. The number of ether oxygens (including phenoxy) is 1. The molecule has 33 heavy (non-hydrogen) atoms. The van der Waals surface area contributed by atoms with E-state index >= 15 is 0 Å². The number of hydrogen-bond donors (Lipinski definition) is 1. The van der Waals surface area contributed by atoms with Crippen LogP contribution in [0.5, 0.6) is 5.75 Å². The lowest BCUT2D eigenvalue weighted by Gasteiger charge is -2.26. The lowest BCUT2D eigenvalue weighted by atomic mass is 10.0. The van der Waals surface area contributed by atoms with Crippen LogP contribution < -0.4 is 15.0 Å². The summed E-state index contributed by atoms with van der Waals surface area (Å²) in [6.45, 7) is 2.61. The first-order chi connectivity index (χ1) is 16.1. The van der Waals surface area contributed by atoms with Crippen LogP contribution >= 0.6 is 28.1 Å². The number of nitrogens with one attached hydrogen (secondary N) is 1. The van der Waals surface area contributed by atoms with Crippen molar-refractivity contribution in [2.75, 3.05) is 11.5 Å². The Labute approximate surface area is 206 Å². The van der Waals surface area contributed by atoms with E-state index in [0.717, 1.165) is 38.7 Å². The Morgan fingerprint density at radius 2 is 1.82 bits per heavy atom. The Hall–Kier alpha value is -3.16. The van der Waals surface area contributed by atoms with Gasteiger partial charge in [-0.05, 0) is 91.9 Å². The number of furan rings is 1. The van der Waals surface area contributed by atoms with Gasteiger partial charge in [0.2, 0.25) is 0 Å². The fraction of sp³-hybridized carbons (Fsp3) is 0.154. The van der Waals surface area contributed by atoms with Crippen LogP contribution in [-0.2, 0) is 0 Å². The van der Waals surface area contributed by atoms with E-state index in [1.807, 2.05) is 85.8 Å². The van der Waals surface area contributed by atoms with Crippen LogP contribution in [0.4, 0.5) is 5.69 Å². The van der Waals surface area contributed by atoms with Crippen molar-refractivity contribution in [2.45, 2.75) is 19.0 Å². The molecule has 0 bridgehead atoms. The minimum absolute atomic E-state index is 0.151. The molecule has 1 aliphatic heterocycles. The number of benzene rings is 2. The molecule has 5 rings (SSSR count). The van der Waals surface area contributed by atoms with E-state index < -0.39 is 0 Å². The maximum absolute atomic E-state index is 6.41. The maximum atomic E-state index is 6.41. The van der Waals surface area contributed by atoms with Gasteiger partial charge in [0, 0.05) is 21.9 Å². The first kappa shape index (κ1) is 21.7. The summed E-state index contributed by atoms with van der Waals surface area (Å²) in [7, 11) is 0. The fourth-order valence-corrected chi connectivity index (χ4v) is 4.68. The van der Waals surface area contributed by atoms with Gasteiger partial charge in [-0.1, -0.05) is 22.0 Å². The van der Waals surface area contributed by atoms with Crippen molar-refractivity contribution >= 4 is 38.9 Å². The molecule has 4 aromatic rings. The fourth-order valence-electron chi connectivity index (χ4n) is 4.07. The number of halogens is 1. The number of aromatic nitrogens is 1. The van der Waals surface area contributed by atoms with Gasteiger partial charge in [0.15, 0.2) is 5.11 Å². The van der Waals surface area contributed by atoms with Crippen LogP contribution in [0.2, 0.25) is 0 Å². The van der Waals surface area contributed by atoms with Gasteiger partial charge in [-0.25, -0.2) is 0 Å². The summed E-state index contributed by atoms with van der Waals surface area (Å²) >= 11 is 9.29. The van der Waals surface area contributed by atoms with Gasteiger partial charge in [-0.15, -0.1) is 0 Å². The van der Waals surface area contributed by atoms with Crippen LogP contribution in [0.15, 0.2) is 93.9 Å². The highest BCUT2D eigenvalue weighted by molar-refractivity contribution is 9.10. The zero-order valence-electron chi connectivity index (χ0n) is 17.9. The summed E-state index contributed by atoms with van der Waals surface area (Å²) in [6.07, 6.45) is 1.80. The van der Waals surface area contributed by atoms with E-state index in [1.165, 1.54) is 0 Å². The predicted octanol–water partition coefficient (Wildman–Crippen LogP) is 6.68. The molecule has 0 amide bonds. The van der Waals surface area contributed by atoms with Gasteiger partial charge in [-0.2, -0.15) is 0 Å². The van der Waals surface area contributed by atoms with E-state index in [4.69, 9.17) is 21.4 Å². The van der Waals surface area contributed by atoms with Gasteiger partial charge in [-0.3, -0.25) is 4.98 Å². The Morgan fingerprint density at radius 3 is 2.52 bits per heavy atom. The molecule has 0 radical (unpaired) electrons. The van der Waals surface area contributed by atoms with E-state index in [0.29, 0.717) is 11.7 Å². The quantitative estimate of drug-likeness (QED) is 0.286. The number of nitrogens with zero attached hydrogens (tertiary/aromatic N) is 2.